The molecular weight excluding hydrogens is 426 g/mol. The number of fused-ring (bicyclic) bond motifs is 1. The van der Waals surface area contributed by atoms with E-state index in [1.807, 2.05) is 42.5 Å². The van der Waals surface area contributed by atoms with E-state index < -0.39 is 0 Å². The van der Waals surface area contributed by atoms with Crippen LogP contribution in [0.5, 0.6) is 0 Å². The number of rotatable bonds is 4. The van der Waals surface area contributed by atoms with E-state index >= 15 is 0 Å². The number of carbonyl (C=O) groups excluding carboxylic acids is 3. The van der Waals surface area contributed by atoms with Gasteiger partial charge in [0.25, 0.3) is 11.8 Å². The van der Waals surface area contributed by atoms with Crippen LogP contribution in [0, 0.1) is 5.92 Å². The second-order valence-corrected chi connectivity index (χ2v) is 9.10. The van der Waals surface area contributed by atoms with Gasteiger partial charge < -0.3 is 10.2 Å². The lowest BCUT2D eigenvalue weighted by atomic mass is 9.97. The summed E-state index contributed by atoms with van der Waals surface area (Å²) in [4.78, 5) is 42.6. The normalized spacial score (nSPS) is 17.1. The molecule has 6 heteroatoms. The van der Waals surface area contributed by atoms with Gasteiger partial charge in [0.15, 0.2) is 0 Å². The SMILES string of the molecule is CC(=O)Nc1ccc(C2=C(N3CCC(C)CC3)C(=O)N(c3cccc4ccccc34)C2=O)cc1. The monoisotopic (exact) mass is 453 g/mol. The summed E-state index contributed by atoms with van der Waals surface area (Å²) in [6.45, 7) is 5.16. The summed E-state index contributed by atoms with van der Waals surface area (Å²) < 4.78 is 0. The molecule has 3 aromatic carbocycles. The zero-order valence-corrected chi connectivity index (χ0v) is 19.4. The van der Waals surface area contributed by atoms with Gasteiger partial charge in [-0.05, 0) is 47.9 Å². The van der Waals surface area contributed by atoms with Gasteiger partial charge in [-0.15, -0.1) is 0 Å². The zero-order valence-electron chi connectivity index (χ0n) is 19.4. The van der Waals surface area contributed by atoms with Crippen LogP contribution in [0.25, 0.3) is 16.3 Å². The number of carbonyl (C=O) groups is 3. The third kappa shape index (κ3) is 3.85. The summed E-state index contributed by atoms with van der Waals surface area (Å²) in [5.74, 6) is -0.165. The fourth-order valence-electron chi connectivity index (χ4n) is 4.85. The lowest BCUT2D eigenvalue weighted by Crippen LogP contribution is -2.38. The Morgan fingerprint density at radius 2 is 1.56 bits per heavy atom. The summed E-state index contributed by atoms with van der Waals surface area (Å²) >= 11 is 0. The van der Waals surface area contributed by atoms with Crippen molar-refractivity contribution in [2.24, 2.45) is 5.92 Å². The van der Waals surface area contributed by atoms with Crippen molar-refractivity contribution in [2.45, 2.75) is 26.7 Å². The Morgan fingerprint density at radius 1 is 0.882 bits per heavy atom. The number of benzene rings is 3. The van der Waals surface area contributed by atoms with E-state index in [0.717, 1.165) is 36.7 Å². The number of nitrogens with zero attached hydrogens (tertiary/aromatic N) is 2. The number of piperidine rings is 1. The molecule has 1 saturated heterocycles. The van der Waals surface area contributed by atoms with E-state index in [-0.39, 0.29) is 17.7 Å². The van der Waals surface area contributed by atoms with Gasteiger partial charge in [0.1, 0.15) is 5.70 Å². The van der Waals surface area contributed by atoms with Gasteiger partial charge in [0.05, 0.1) is 11.3 Å². The molecule has 6 nitrogen and oxygen atoms in total. The highest BCUT2D eigenvalue weighted by atomic mass is 16.2. The first kappa shape index (κ1) is 21.9. The summed E-state index contributed by atoms with van der Waals surface area (Å²) in [6, 6.07) is 20.6. The van der Waals surface area contributed by atoms with Crippen LogP contribution in [0.2, 0.25) is 0 Å². The molecular formula is C28H27N3O3. The van der Waals surface area contributed by atoms with E-state index in [1.54, 1.807) is 24.3 Å². The maximum absolute atomic E-state index is 13.9. The van der Waals surface area contributed by atoms with Crippen LogP contribution < -0.4 is 10.2 Å². The average molecular weight is 454 g/mol. The fourth-order valence-corrected chi connectivity index (χ4v) is 4.85. The lowest BCUT2D eigenvalue weighted by Gasteiger charge is -2.32. The van der Waals surface area contributed by atoms with Gasteiger partial charge in [0, 0.05) is 31.1 Å². The molecule has 34 heavy (non-hydrogen) atoms. The van der Waals surface area contributed by atoms with Crippen molar-refractivity contribution in [3.05, 3.63) is 78.0 Å². The summed E-state index contributed by atoms with van der Waals surface area (Å²) in [5.41, 5.74) is 2.80. The van der Waals surface area contributed by atoms with Crippen LogP contribution in [0.4, 0.5) is 11.4 Å². The molecule has 172 valence electrons. The Hall–Kier alpha value is -3.93. The van der Waals surface area contributed by atoms with Crippen molar-refractivity contribution in [1.29, 1.82) is 0 Å². The van der Waals surface area contributed by atoms with E-state index in [9.17, 15) is 14.4 Å². The lowest BCUT2D eigenvalue weighted by molar-refractivity contribution is -0.121. The molecule has 2 heterocycles. The van der Waals surface area contributed by atoms with Gasteiger partial charge in [0.2, 0.25) is 5.91 Å². The minimum absolute atomic E-state index is 0.163. The van der Waals surface area contributed by atoms with E-state index in [2.05, 4.69) is 17.1 Å². The smallest absolute Gasteiger partial charge is 0.282 e. The van der Waals surface area contributed by atoms with Gasteiger partial charge in [-0.3, -0.25) is 14.4 Å². The predicted octanol–water partition coefficient (Wildman–Crippen LogP) is 4.81. The number of amides is 3. The largest absolute Gasteiger partial charge is 0.366 e. The second kappa shape index (κ2) is 8.78. The zero-order chi connectivity index (χ0) is 23.8. The Labute approximate surface area is 198 Å². The third-order valence-corrected chi connectivity index (χ3v) is 6.66. The molecule has 0 aliphatic carbocycles. The topological polar surface area (TPSA) is 69.7 Å². The first-order valence-corrected chi connectivity index (χ1v) is 11.7. The number of anilines is 2. The molecule has 0 unspecified atom stereocenters. The standard InChI is InChI=1S/C28H27N3O3/c1-18-14-16-30(17-15-18)26-25(21-10-12-22(13-11-21)29-19(2)32)27(33)31(28(26)34)24-9-5-7-20-6-3-4-8-23(20)24/h3-13,18H,14-17H2,1-2H3,(H,29,32). The van der Waals surface area contributed by atoms with Gasteiger partial charge in [-0.1, -0.05) is 55.5 Å². The molecule has 5 rings (SSSR count). The molecule has 0 radical (unpaired) electrons. The van der Waals surface area contributed by atoms with Crippen molar-refractivity contribution >= 4 is 45.4 Å². The average Bonchev–Trinajstić information content (AvgIpc) is 3.09. The van der Waals surface area contributed by atoms with Crippen LogP contribution in [-0.2, 0) is 14.4 Å². The molecule has 3 aromatic rings. The number of hydrogen-bond acceptors (Lipinski definition) is 4. The van der Waals surface area contributed by atoms with Crippen molar-refractivity contribution in [1.82, 2.24) is 4.90 Å². The Bertz CT molecular complexity index is 1310. The maximum Gasteiger partial charge on any atom is 0.282 e. The highest BCUT2D eigenvalue weighted by Crippen LogP contribution is 2.39. The van der Waals surface area contributed by atoms with Crippen LogP contribution in [0.3, 0.4) is 0 Å². The first-order valence-electron chi connectivity index (χ1n) is 11.7. The Morgan fingerprint density at radius 3 is 2.26 bits per heavy atom. The molecule has 0 bridgehead atoms. The van der Waals surface area contributed by atoms with E-state index in [0.29, 0.717) is 34.1 Å². The molecule has 0 aromatic heterocycles. The Kier molecular flexibility index (Phi) is 5.65. The predicted molar refractivity (Wildman–Crippen MR) is 134 cm³/mol. The first-order chi connectivity index (χ1) is 16.4. The molecule has 0 saturated carbocycles. The summed E-state index contributed by atoms with van der Waals surface area (Å²) in [5, 5.41) is 4.58. The van der Waals surface area contributed by atoms with Crippen LogP contribution in [0.1, 0.15) is 32.3 Å². The molecule has 2 aliphatic heterocycles. The second-order valence-electron chi connectivity index (χ2n) is 9.10. The molecule has 2 aliphatic rings. The van der Waals surface area contributed by atoms with E-state index in [4.69, 9.17) is 0 Å². The van der Waals surface area contributed by atoms with Gasteiger partial charge >= 0.3 is 0 Å². The van der Waals surface area contributed by atoms with Crippen molar-refractivity contribution in [3.63, 3.8) is 0 Å². The highest BCUT2D eigenvalue weighted by molar-refractivity contribution is 6.46. The fraction of sp³-hybridized carbons (Fsp3) is 0.250. The van der Waals surface area contributed by atoms with Gasteiger partial charge in [-0.2, -0.15) is 0 Å². The molecule has 0 spiro atoms. The van der Waals surface area contributed by atoms with Crippen molar-refractivity contribution in [2.75, 3.05) is 23.3 Å². The minimum atomic E-state index is -0.317. The van der Waals surface area contributed by atoms with Crippen LogP contribution >= 0.6 is 0 Å². The Balaban J connectivity index is 1.61. The number of nitrogens with one attached hydrogen (secondary N) is 1. The molecule has 0 atom stereocenters. The molecule has 1 N–H and O–H groups in total. The summed E-state index contributed by atoms with van der Waals surface area (Å²) in [6.07, 6.45) is 1.96. The van der Waals surface area contributed by atoms with Crippen molar-refractivity contribution < 1.29 is 14.4 Å². The number of likely N-dealkylation sites (tertiary alicyclic amines) is 1. The van der Waals surface area contributed by atoms with E-state index in [1.165, 1.54) is 11.8 Å². The number of imide groups is 1. The van der Waals surface area contributed by atoms with Crippen molar-refractivity contribution in [3.8, 4) is 0 Å². The highest BCUT2D eigenvalue weighted by Gasteiger charge is 2.43. The summed E-state index contributed by atoms with van der Waals surface area (Å²) in [7, 11) is 0. The van der Waals surface area contributed by atoms with Crippen LogP contribution in [-0.4, -0.2) is 35.7 Å². The molecule has 1 fully saturated rings. The quantitative estimate of drug-likeness (QED) is 0.576. The number of hydrogen-bond donors (Lipinski definition) is 1. The third-order valence-electron chi connectivity index (χ3n) is 6.66. The van der Waals surface area contributed by atoms with Gasteiger partial charge in [-0.25, -0.2) is 4.90 Å². The molecule has 3 amide bonds. The maximum atomic E-state index is 13.9. The minimum Gasteiger partial charge on any atom is -0.366 e. The van der Waals surface area contributed by atoms with Crippen LogP contribution in [0.15, 0.2) is 72.4 Å².